The van der Waals surface area contributed by atoms with Crippen molar-refractivity contribution in [3.05, 3.63) is 23.4 Å². The standard InChI is InChI=1S/C16H23NO5/c1-11(2)13(16(18)19)8-12-9-14(15(21-4)17-10-12)22-7-5-6-20-3/h8-11H,5-7H2,1-4H3,(H,18,19)/b13-8+. The van der Waals surface area contributed by atoms with E-state index in [2.05, 4.69) is 4.98 Å². The summed E-state index contributed by atoms with van der Waals surface area (Å²) < 4.78 is 15.7. The molecule has 0 saturated heterocycles. The van der Waals surface area contributed by atoms with Crippen LogP contribution in [0.15, 0.2) is 17.8 Å². The third-order valence-corrected chi connectivity index (χ3v) is 2.97. The lowest BCUT2D eigenvalue weighted by Gasteiger charge is -2.11. The summed E-state index contributed by atoms with van der Waals surface area (Å²) in [5.41, 5.74) is 0.978. The minimum Gasteiger partial charge on any atom is -0.488 e. The molecule has 6 heteroatoms. The van der Waals surface area contributed by atoms with Crippen molar-refractivity contribution in [3.63, 3.8) is 0 Å². The van der Waals surface area contributed by atoms with Crippen LogP contribution in [0.3, 0.4) is 0 Å². The molecule has 1 heterocycles. The minimum atomic E-state index is -0.937. The number of rotatable bonds is 9. The largest absolute Gasteiger partial charge is 0.488 e. The van der Waals surface area contributed by atoms with Crippen LogP contribution in [-0.4, -0.2) is 43.5 Å². The van der Waals surface area contributed by atoms with Gasteiger partial charge in [-0.3, -0.25) is 0 Å². The van der Waals surface area contributed by atoms with Gasteiger partial charge in [-0.25, -0.2) is 9.78 Å². The number of methoxy groups -OCH3 is 2. The van der Waals surface area contributed by atoms with Crippen LogP contribution >= 0.6 is 0 Å². The van der Waals surface area contributed by atoms with Gasteiger partial charge in [0.15, 0.2) is 5.75 Å². The molecule has 0 amide bonds. The summed E-state index contributed by atoms with van der Waals surface area (Å²) in [7, 11) is 3.14. The second kappa shape index (κ2) is 9.04. The second-order valence-electron chi connectivity index (χ2n) is 5.03. The Bertz CT molecular complexity index is 525. The van der Waals surface area contributed by atoms with E-state index in [1.165, 1.54) is 7.11 Å². The van der Waals surface area contributed by atoms with Gasteiger partial charge in [0.1, 0.15) is 0 Å². The number of aromatic nitrogens is 1. The minimum absolute atomic E-state index is 0.0920. The third kappa shape index (κ3) is 5.37. The summed E-state index contributed by atoms with van der Waals surface area (Å²) in [5, 5.41) is 9.22. The van der Waals surface area contributed by atoms with Crippen molar-refractivity contribution < 1.29 is 24.1 Å². The van der Waals surface area contributed by atoms with Gasteiger partial charge in [-0.2, -0.15) is 0 Å². The molecular weight excluding hydrogens is 286 g/mol. The maximum absolute atomic E-state index is 11.2. The Hall–Kier alpha value is -2.08. The van der Waals surface area contributed by atoms with Crippen LogP contribution in [0.2, 0.25) is 0 Å². The monoisotopic (exact) mass is 309 g/mol. The first-order valence-corrected chi connectivity index (χ1v) is 7.10. The average molecular weight is 309 g/mol. The number of aliphatic carboxylic acids is 1. The average Bonchev–Trinajstić information content (AvgIpc) is 2.48. The Morgan fingerprint density at radius 3 is 2.64 bits per heavy atom. The first-order valence-electron chi connectivity index (χ1n) is 7.10. The van der Waals surface area contributed by atoms with Crippen LogP contribution in [0, 0.1) is 5.92 Å². The van der Waals surface area contributed by atoms with Gasteiger partial charge in [-0.05, 0) is 23.6 Å². The van der Waals surface area contributed by atoms with Gasteiger partial charge >= 0.3 is 5.97 Å². The fourth-order valence-corrected chi connectivity index (χ4v) is 1.82. The molecule has 1 aromatic heterocycles. The highest BCUT2D eigenvalue weighted by atomic mass is 16.5. The molecule has 22 heavy (non-hydrogen) atoms. The highest BCUT2D eigenvalue weighted by Gasteiger charge is 2.13. The number of carboxylic acid groups (broad SMARTS) is 1. The van der Waals surface area contributed by atoms with Gasteiger partial charge in [0.2, 0.25) is 0 Å². The zero-order chi connectivity index (χ0) is 16.5. The molecule has 1 N–H and O–H groups in total. The molecule has 0 aromatic carbocycles. The van der Waals surface area contributed by atoms with Crippen LogP contribution in [0.1, 0.15) is 25.8 Å². The van der Waals surface area contributed by atoms with E-state index < -0.39 is 5.97 Å². The lowest BCUT2D eigenvalue weighted by atomic mass is 10.0. The zero-order valence-corrected chi connectivity index (χ0v) is 13.5. The SMILES string of the molecule is COCCCOc1cc(/C=C(/C(=O)O)C(C)C)cnc1OC. The second-order valence-corrected chi connectivity index (χ2v) is 5.03. The van der Waals surface area contributed by atoms with Crippen LogP contribution in [-0.2, 0) is 9.53 Å². The number of carboxylic acids is 1. The van der Waals surface area contributed by atoms with E-state index >= 15 is 0 Å². The maximum Gasteiger partial charge on any atom is 0.331 e. The van der Waals surface area contributed by atoms with Gasteiger partial charge in [0.05, 0.1) is 13.7 Å². The number of nitrogens with zero attached hydrogens (tertiary/aromatic N) is 1. The fourth-order valence-electron chi connectivity index (χ4n) is 1.82. The zero-order valence-electron chi connectivity index (χ0n) is 13.5. The predicted molar refractivity (Wildman–Crippen MR) is 83.2 cm³/mol. The summed E-state index contributed by atoms with van der Waals surface area (Å²) in [5.74, 6) is -0.170. The van der Waals surface area contributed by atoms with E-state index in [0.717, 1.165) is 6.42 Å². The number of carbonyl (C=O) groups is 1. The van der Waals surface area contributed by atoms with E-state index in [9.17, 15) is 9.90 Å². The molecule has 0 aliphatic rings. The van der Waals surface area contributed by atoms with E-state index in [4.69, 9.17) is 14.2 Å². The Balaban J connectivity index is 2.98. The summed E-state index contributed by atoms with van der Waals surface area (Å²) in [6.07, 6.45) is 3.90. The van der Waals surface area contributed by atoms with E-state index in [1.807, 2.05) is 13.8 Å². The van der Waals surface area contributed by atoms with Crippen molar-refractivity contribution in [1.82, 2.24) is 4.98 Å². The molecule has 0 aliphatic carbocycles. The van der Waals surface area contributed by atoms with Crippen molar-refractivity contribution in [3.8, 4) is 11.6 Å². The van der Waals surface area contributed by atoms with Crippen molar-refractivity contribution in [1.29, 1.82) is 0 Å². The number of hydrogen-bond donors (Lipinski definition) is 1. The first kappa shape index (κ1) is 18.0. The molecule has 0 spiro atoms. The van der Waals surface area contributed by atoms with Crippen LogP contribution in [0.25, 0.3) is 6.08 Å². The quantitative estimate of drug-likeness (QED) is 0.558. The van der Waals surface area contributed by atoms with Gasteiger partial charge < -0.3 is 19.3 Å². The highest BCUT2D eigenvalue weighted by Crippen LogP contribution is 2.27. The molecule has 0 saturated carbocycles. The molecule has 0 unspecified atom stereocenters. The molecule has 1 rings (SSSR count). The molecule has 0 aliphatic heterocycles. The molecule has 6 nitrogen and oxygen atoms in total. The number of ether oxygens (including phenoxy) is 3. The van der Waals surface area contributed by atoms with Crippen LogP contribution < -0.4 is 9.47 Å². The molecular formula is C16H23NO5. The first-order chi connectivity index (χ1) is 10.5. The van der Waals surface area contributed by atoms with E-state index in [0.29, 0.717) is 36.0 Å². The maximum atomic E-state index is 11.2. The van der Waals surface area contributed by atoms with Crippen LogP contribution in [0.4, 0.5) is 0 Å². The van der Waals surface area contributed by atoms with Crippen molar-refractivity contribution in [2.75, 3.05) is 27.4 Å². The van der Waals surface area contributed by atoms with Crippen molar-refractivity contribution in [2.24, 2.45) is 5.92 Å². The molecule has 0 fully saturated rings. The van der Waals surface area contributed by atoms with Gasteiger partial charge in [0, 0.05) is 31.9 Å². The summed E-state index contributed by atoms with van der Waals surface area (Å²) >= 11 is 0. The normalized spacial score (nSPS) is 11.6. The summed E-state index contributed by atoms with van der Waals surface area (Å²) in [6.45, 7) is 4.74. The van der Waals surface area contributed by atoms with Gasteiger partial charge in [0.25, 0.3) is 5.88 Å². The lowest BCUT2D eigenvalue weighted by Crippen LogP contribution is -2.07. The van der Waals surface area contributed by atoms with Crippen molar-refractivity contribution in [2.45, 2.75) is 20.3 Å². The van der Waals surface area contributed by atoms with E-state index in [-0.39, 0.29) is 5.92 Å². The Labute approximate surface area is 130 Å². The van der Waals surface area contributed by atoms with Gasteiger partial charge in [-0.15, -0.1) is 0 Å². The Morgan fingerprint density at radius 1 is 1.36 bits per heavy atom. The predicted octanol–water partition coefficient (Wildman–Crippen LogP) is 2.63. The molecule has 122 valence electrons. The third-order valence-electron chi connectivity index (χ3n) is 2.97. The fraction of sp³-hybridized carbons (Fsp3) is 0.500. The van der Waals surface area contributed by atoms with Crippen molar-refractivity contribution >= 4 is 12.0 Å². The lowest BCUT2D eigenvalue weighted by molar-refractivity contribution is -0.133. The molecule has 0 bridgehead atoms. The summed E-state index contributed by atoms with van der Waals surface area (Å²) in [4.78, 5) is 15.4. The smallest absolute Gasteiger partial charge is 0.331 e. The Kier molecular flexibility index (Phi) is 7.39. The molecule has 0 atom stereocenters. The van der Waals surface area contributed by atoms with Crippen LogP contribution in [0.5, 0.6) is 11.6 Å². The van der Waals surface area contributed by atoms with E-state index in [1.54, 1.807) is 25.4 Å². The van der Waals surface area contributed by atoms with Gasteiger partial charge in [-0.1, -0.05) is 13.8 Å². The number of hydrogen-bond acceptors (Lipinski definition) is 5. The highest BCUT2D eigenvalue weighted by molar-refractivity contribution is 5.92. The topological polar surface area (TPSA) is 77.9 Å². The molecule has 0 radical (unpaired) electrons. The Morgan fingerprint density at radius 2 is 2.09 bits per heavy atom. The molecule has 1 aromatic rings. The number of pyridine rings is 1. The summed E-state index contributed by atoms with van der Waals surface area (Å²) in [6, 6.07) is 1.73.